The minimum absolute atomic E-state index is 0. The molecule has 0 fully saturated rings. The molecule has 0 aromatic heterocycles. The van der Waals surface area contributed by atoms with Crippen LogP contribution in [0, 0.1) is 11.8 Å². The van der Waals surface area contributed by atoms with E-state index in [-0.39, 0.29) is 90.8 Å². The summed E-state index contributed by atoms with van der Waals surface area (Å²) in [5.41, 5.74) is 0. The third-order valence-corrected chi connectivity index (χ3v) is 9.23. The maximum absolute atomic E-state index is 12.1. The summed E-state index contributed by atoms with van der Waals surface area (Å²) in [6.45, 7) is 10.5. The third kappa shape index (κ3) is 36.3. The molecule has 11 nitrogen and oxygen atoms in total. The van der Waals surface area contributed by atoms with Crippen molar-refractivity contribution in [3.05, 3.63) is 0 Å². The molecule has 0 amide bonds. The minimum Gasteiger partial charge on any atom is -0.747 e. The quantitative estimate of drug-likeness (QED) is 0.0372. The molecule has 270 valence electrons. The predicted molar refractivity (Wildman–Crippen MR) is 174 cm³/mol. The Hall–Kier alpha value is 0.720. The average Bonchev–Trinajstić information content (AvgIpc) is 2.98. The van der Waals surface area contributed by atoms with Crippen LogP contribution < -0.4 is 59.1 Å². The number of esters is 2. The van der Waals surface area contributed by atoms with Gasteiger partial charge in [-0.1, -0.05) is 131 Å². The Balaban J connectivity index is -0.000000420. The van der Waals surface area contributed by atoms with E-state index in [1.54, 1.807) is 0 Å². The Morgan fingerprint density at radius 3 is 1.38 bits per heavy atom. The smallest absolute Gasteiger partial charge is 0.747 e. The molecule has 0 aromatic rings. The molecule has 0 aliphatic heterocycles. The number of carbonyl (C=O) groups is 2. The second-order valence-electron chi connectivity index (χ2n) is 11.7. The van der Waals surface area contributed by atoms with E-state index in [9.17, 15) is 35.5 Å². The molecule has 0 N–H and O–H groups in total. The molecule has 0 radical (unpaired) electrons. The summed E-state index contributed by atoms with van der Waals surface area (Å²) in [6.07, 6.45) is 18.3. The number of hydrogen-bond donors (Lipinski definition) is 0. The van der Waals surface area contributed by atoms with Crippen molar-refractivity contribution in [3.63, 3.8) is 0 Å². The average molecular weight is 733 g/mol. The molecule has 0 heterocycles. The van der Waals surface area contributed by atoms with Crippen molar-refractivity contribution in [1.82, 2.24) is 0 Å². The minimum atomic E-state index is -5.01. The van der Waals surface area contributed by atoms with Crippen LogP contribution in [0.3, 0.4) is 0 Å². The summed E-state index contributed by atoms with van der Waals surface area (Å²) in [5, 5.41) is -2.06. The van der Waals surface area contributed by atoms with Crippen LogP contribution in [0.2, 0.25) is 0 Å². The fourth-order valence-electron chi connectivity index (χ4n) is 4.56. The van der Waals surface area contributed by atoms with Gasteiger partial charge in [0.1, 0.15) is 10.1 Å². The SMILES string of the molecule is CCCCC(CC)COC(=O)CC(C(=O)OCC(CC)CCCC)S(=O)(=O)[O-].CCCCCCCCCCCCOS(=O)(=O)[O-].[Na+].[Na+]. The molecule has 0 aliphatic carbocycles. The van der Waals surface area contributed by atoms with E-state index >= 15 is 0 Å². The van der Waals surface area contributed by atoms with Crippen molar-refractivity contribution < 1.29 is 108 Å². The number of carbonyl (C=O) groups excluding carboxylic acids is 2. The van der Waals surface area contributed by atoms with Crippen LogP contribution in [0.4, 0.5) is 0 Å². The molecule has 3 unspecified atom stereocenters. The van der Waals surface area contributed by atoms with E-state index < -0.39 is 44.1 Å². The summed E-state index contributed by atoms with van der Waals surface area (Å²) in [6, 6.07) is 0. The molecule has 3 atom stereocenters. The van der Waals surface area contributed by atoms with Crippen molar-refractivity contribution in [2.24, 2.45) is 11.8 Å². The maximum atomic E-state index is 12.1. The van der Waals surface area contributed by atoms with Gasteiger partial charge in [-0.15, -0.1) is 0 Å². The summed E-state index contributed by atoms with van der Waals surface area (Å²) in [4.78, 5) is 24.1. The molecule has 0 rings (SSSR count). The van der Waals surface area contributed by atoms with Gasteiger partial charge in [0, 0.05) is 0 Å². The molecule has 47 heavy (non-hydrogen) atoms. The van der Waals surface area contributed by atoms with E-state index in [0.29, 0.717) is 6.42 Å². The van der Waals surface area contributed by atoms with E-state index in [1.165, 1.54) is 44.9 Å². The Morgan fingerprint density at radius 2 is 1.00 bits per heavy atom. The Morgan fingerprint density at radius 1 is 0.596 bits per heavy atom. The van der Waals surface area contributed by atoms with Crippen LogP contribution in [0.15, 0.2) is 0 Å². The predicted octanol–water partition coefficient (Wildman–Crippen LogP) is 1.20. The zero-order valence-corrected chi connectivity index (χ0v) is 36.2. The Kier molecular flexibility index (Phi) is 40.7. The van der Waals surface area contributed by atoms with Gasteiger partial charge >= 0.3 is 71.1 Å². The standard InChI is InChI=1S/C20H38O7S.C12H26O4S.2Na/c1-5-9-11-16(7-3)14-26-19(21)13-18(28(23,24)25)20(22)27-15-17(8-4)12-10-6-2;1-2-3-4-5-6-7-8-9-10-11-12-16-17(13,14)15;;/h16-18H,5-15H2,1-4H3,(H,23,24,25);2-12H2,1H3,(H,13,14,15);;/q;;2*+1/p-2. The topological polar surface area (TPSA) is 176 Å². The number of hydrogen-bond acceptors (Lipinski definition) is 11. The molecule has 0 bridgehead atoms. The normalized spacial score (nSPS) is 13.2. The van der Waals surface area contributed by atoms with Crippen molar-refractivity contribution in [2.75, 3.05) is 19.8 Å². The second-order valence-corrected chi connectivity index (χ2v) is 14.4. The van der Waals surface area contributed by atoms with E-state index in [2.05, 4.69) is 25.0 Å². The van der Waals surface area contributed by atoms with Crippen LogP contribution in [-0.4, -0.2) is 63.0 Å². The molecule has 0 aromatic carbocycles. The van der Waals surface area contributed by atoms with E-state index in [4.69, 9.17) is 9.47 Å². The Labute approximate surface area is 331 Å². The van der Waals surface area contributed by atoms with Crippen molar-refractivity contribution in [3.8, 4) is 0 Å². The monoisotopic (exact) mass is 732 g/mol. The summed E-state index contributed by atoms with van der Waals surface area (Å²) < 4.78 is 79.0. The molecular weight excluding hydrogens is 670 g/mol. The zero-order valence-electron chi connectivity index (χ0n) is 30.6. The van der Waals surface area contributed by atoms with E-state index in [0.717, 1.165) is 64.2 Å². The molecule has 0 saturated heterocycles. The summed E-state index contributed by atoms with van der Waals surface area (Å²) in [5.74, 6) is -1.74. The van der Waals surface area contributed by atoms with Gasteiger partial charge in [-0.2, -0.15) is 0 Å². The maximum Gasteiger partial charge on any atom is 1.00 e. The van der Waals surface area contributed by atoms with Gasteiger partial charge in [-0.05, 0) is 31.1 Å². The Bertz CT molecular complexity index is 949. The van der Waals surface area contributed by atoms with Crippen molar-refractivity contribution >= 4 is 32.5 Å². The number of ether oxygens (including phenoxy) is 2. The first-order chi connectivity index (χ1) is 21.2. The molecule has 0 spiro atoms. The first kappa shape index (κ1) is 54.5. The van der Waals surface area contributed by atoms with Crippen LogP contribution >= 0.6 is 0 Å². The number of unbranched alkanes of at least 4 members (excludes halogenated alkanes) is 11. The molecule has 0 aliphatic rings. The second kappa shape index (κ2) is 35.1. The van der Waals surface area contributed by atoms with Crippen LogP contribution in [0.5, 0.6) is 0 Å². The van der Waals surface area contributed by atoms with Gasteiger partial charge in [-0.25, -0.2) is 16.8 Å². The fraction of sp³-hybridized carbons (Fsp3) is 0.938. The van der Waals surface area contributed by atoms with Crippen LogP contribution in [-0.2, 0) is 43.8 Å². The third-order valence-electron chi connectivity index (χ3n) is 7.72. The van der Waals surface area contributed by atoms with Gasteiger partial charge in [0.25, 0.3) is 0 Å². The van der Waals surface area contributed by atoms with Crippen LogP contribution in [0.1, 0.15) is 157 Å². The van der Waals surface area contributed by atoms with Gasteiger partial charge in [0.15, 0.2) is 5.25 Å². The zero-order chi connectivity index (χ0) is 34.6. The van der Waals surface area contributed by atoms with Gasteiger partial charge < -0.3 is 18.6 Å². The molecular formula is C32H62Na2O11S2. The van der Waals surface area contributed by atoms with E-state index in [1.807, 2.05) is 13.8 Å². The molecule has 0 saturated carbocycles. The van der Waals surface area contributed by atoms with Crippen molar-refractivity contribution in [1.29, 1.82) is 0 Å². The van der Waals surface area contributed by atoms with Gasteiger partial charge in [0.05, 0.1) is 26.2 Å². The van der Waals surface area contributed by atoms with Gasteiger partial charge in [0.2, 0.25) is 10.4 Å². The summed E-state index contributed by atoms with van der Waals surface area (Å²) in [7, 11) is -9.50. The fourth-order valence-corrected chi connectivity index (χ4v) is 5.53. The van der Waals surface area contributed by atoms with Gasteiger partial charge in [-0.3, -0.25) is 13.8 Å². The van der Waals surface area contributed by atoms with Crippen LogP contribution in [0.25, 0.3) is 0 Å². The largest absolute Gasteiger partial charge is 1.00 e. The first-order valence-electron chi connectivity index (χ1n) is 17.1. The summed E-state index contributed by atoms with van der Waals surface area (Å²) >= 11 is 0. The van der Waals surface area contributed by atoms with Crippen molar-refractivity contribution in [2.45, 2.75) is 162 Å². The first-order valence-corrected chi connectivity index (χ1v) is 19.9. The number of rotatable bonds is 28. The molecule has 15 heteroatoms.